The molecule has 0 unspecified atom stereocenters. The molecule has 0 radical (unpaired) electrons. The summed E-state index contributed by atoms with van der Waals surface area (Å²) >= 11 is 0. The molecule has 0 aliphatic carbocycles. The Labute approximate surface area is 129 Å². The van der Waals surface area contributed by atoms with E-state index in [4.69, 9.17) is 5.21 Å². The van der Waals surface area contributed by atoms with E-state index in [1.54, 1.807) is 0 Å². The van der Waals surface area contributed by atoms with Crippen molar-refractivity contribution in [1.29, 1.82) is 0 Å². The first-order valence-corrected chi connectivity index (χ1v) is 6.55. The monoisotopic (exact) mass is 327 g/mol. The Bertz CT molecular complexity index is 669. The average molecular weight is 327 g/mol. The fraction of sp³-hybridized carbons (Fsp3) is 0.286. The Morgan fingerprint density at radius 2 is 1.26 bits per heavy atom. The van der Waals surface area contributed by atoms with Gasteiger partial charge in [0.25, 0.3) is 5.91 Å². The normalized spacial score (nSPS) is 10.3. The first-order valence-electron chi connectivity index (χ1n) is 6.55. The lowest BCUT2D eigenvalue weighted by molar-refractivity contribution is 0.0644. The molecular weight excluding hydrogens is 313 g/mol. The summed E-state index contributed by atoms with van der Waals surface area (Å²) in [4.78, 5) is 46.1. The number of hydrogen-bond donors (Lipinski definition) is 4. The van der Waals surface area contributed by atoms with Gasteiger partial charge in [0.2, 0.25) is 0 Å². The summed E-state index contributed by atoms with van der Waals surface area (Å²) in [6.45, 7) is 2.85. The summed E-state index contributed by atoms with van der Waals surface area (Å²) in [5.74, 6) is -4.80. The number of carbonyl (C=O) groups excluding carboxylic acids is 2. The van der Waals surface area contributed by atoms with E-state index >= 15 is 0 Å². The zero-order valence-electron chi connectivity index (χ0n) is 12.3. The average Bonchev–Trinajstić information content (AvgIpc) is 2.50. The molecule has 0 atom stereocenters. The van der Waals surface area contributed by atoms with Gasteiger partial charge in [-0.25, -0.2) is 15.1 Å². The Kier molecular flexibility index (Phi) is 5.52. The quantitative estimate of drug-likeness (QED) is 0.352. The Morgan fingerprint density at radius 3 is 1.48 bits per heavy atom. The van der Waals surface area contributed by atoms with E-state index in [-0.39, 0.29) is 24.0 Å². The molecule has 8 nitrogen and oxygen atoms in total. The fourth-order valence-corrected chi connectivity index (χ4v) is 2.56. The maximum Gasteiger partial charge on any atom is 0.336 e. The van der Waals surface area contributed by atoms with E-state index in [9.17, 15) is 33.8 Å². The second-order valence-electron chi connectivity index (χ2n) is 4.49. The molecule has 1 rings (SSSR count). The largest absolute Gasteiger partial charge is 0.478 e. The van der Waals surface area contributed by atoms with Crippen molar-refractivity contribution < 1.29 is 39.0 Å². The van der Waals surface area contributed by atoms with Crippen LogP contribution in [0, 0.1) is 0 Å². The van der Waals surface area contributed by atoms with Crippen LogP contribution in [0.5, 0.6) is 0 Å². The van der Waals surface area contributed by atoms with Gasteiger partial charge in [-0.2, -0.15) is 4.39 Å². The van der Waals surface area contributed by atoms with Crippen LogP contribution in [0.2, 0.25) is 0 Å². The lowest BCUT2D eigenvalue weighted by Crippen LogP contribution is -2.29. The minimum absolute atomic E-state index is 0.134. The SMILES string of the molecule is CCc1c(C(=O)F)c(CC)c(C(=O)O)c(C(=O)NO)c1C(=O)O. The summed E-state index contributed by atoms with van der Waals surface area (Å²) in [6, 6.07) is -1.99. The molecular formula is C14H14FNO7. The number of carboxylic acids is 2. The summed E-state index contributed by atoms with van der Waals surface area (Å²) in [5, 5.41) is 27.4. The van der Waals surface area contributed by atoms with E-state index in [2.05, 4.69) is 0 Å². The number of rotatable bonds is 6. The van der Waals surface area contributed by atoms with Crippen LogP contribution in [-0.4, -0.2) is 39.3 Å². The van der Waals surface area contributed by atoms with Crippen molar-refractivity contribution in [3.63, 3.8) is 0 Å². The van der Waals surface area contributed by atoms with E-state index in [0.717, 1.165) is 0 Å². The smallest absolute Gasteiger partial charge is 0.336 e. The van der Waals surface area contributed by atoms with Gasteiger partial charge in [-0.3, -0.25) is 14.8 Å². The predicted molar refractivity (Wildman–Crippen MR) is 73.8 cm³/mol. The zero-order chi connectivity index (χ0) is 17.9. The number of carbonyl (C=O) groups is 4. The van der Waals surface area contributed by atoms with Gasteiger partial charge in [-0.1, -0.05) is 13.8 Å². The fourth-order valence-electron chi connectivity index (χ4n) is 2.56. The van der Waals surface area contributed by atoms with Gasteiger partial charge >= 0.3 is 18.0 Å². The third-order valence-electron chi connectivity index (χ3n) is 3.37. The van der Waals surface area contributed by atoms with Gasteiger partial charge in [-0.05, 0) is 24.0 Å². The minimum Gasteiger partial charge on any atom is -0.478 e. The molecule has 0 saturated heterocycles. The van der Waals surface area contributed by atoms with Crippen LogP contribution in [0.15, 0.2) is 0 Å². The predicted octanol–water partition coefficient (Wildman–Crippen LogP) is 1.44. The highest BCUT2D eigenvalue weighted by Gasteiger charge is 2.34. The van der Waals surface area contributed by atoms with E-state index in [0.29, 0.717) is 0 Å². The number of hydroxylamine groups is 1. The zero-order valence-corrected chi connectivity index (χ0v) is 12.3. The first kappa shape index (κ1) is 18.2. The van der Waals surface area contributed by atoms with Crippen LogP contribution in [0.25, 0.3) is 0 Å². The van der Waals surface area contributed by atoms with Crippen molar-refractivity contribution in [2.75, 3.05) is 0 Å². The maximum absolute atomic E-state index is 13.5. The van der Waals surface area contributed by atoms with Gasteiger partial charge in [0.1, 0.15) is 0 Å². The molecule has 9 heteroatoms. The van der Waals surface area contributed by atoms with Crippen molar-refractivity contribution >= 4 is 23.9 Å². The third kappa shape index (κ3) is 3.04. The van der Waals surface area contributed by atoms with Crippen LogP contribution in [0.1, 0.15) is 66.4 Å². The Hall–Kier alpha value is -2.81. The number of benzene rings is 1. The van der Waals surface area contributed by atoms with Crippen molar-refractivity contribution in [2.45, 2.75) is 26.7 Å². The highest BCUT2D eigenvalue weighted by atomic mass is 19.1. The van der Waals surface area contributed by atoms with Gasteiger partial charge < -0.3 is 10.2 Å². The summed E-state index contributed by atoms with van der Waals surface area (Å²) in [6.07, 6.45) is -0.267. The molecule has 0 aliphatic rings. The second-order valence-corrected chi connectivity index (χ2v) is 4.49. The molecule has 0 spiro atoms. The molecule has 1 aromatic carbocycles. The Balaban J connectivity index is 4.24. The van der Waals surface area contributed by atoms with Crippen LogP contribution >= 0.6 is 0 Å². The molecule has 124 valence electrons. The molecule has 0 aromatic heterocycles. The second kappa shape index (κ2) is 6.97. The molecule has 0 aliphatic heterocycles. The molecule has 1 amide bonds. The van der Waals surface area contributed by atoms with Crippen molar-refractivity contribution in [3.8, 4) is 0 Å². The maximum atomic E-state index is 13.5. The van der Waals surface area contributed by atoms with Crippen LogP contribution in [-0.2, 0) is 12.8 Å². The first-order chi connectivity index (χ1) is 10.7. The topological polar surface area (TPSA) is 141 Å². The van der Waals surface area contributed by atoms with Gasteiger partial charge in [0.15, 0.2) is 0 Å². The highest BCUT2D eigenvalue weighted by molar-refractivity contribution is 6.15. The van der Waals surface area contributed by atoms with Crippen LogP contribution in [0.3, 0.4) is 0 Å². The lowest BCUT2D eigenvalue weighted by atomic mass is 9.84. The number of nitrogens with one attached hydrogen (secondary N) is 1. The molecule has 4 N–H and O–H groups in total. The molecule has 0 fully saturated rings. The number of hydrogen-bond acceptors (Lipinski definition) is 5. The van der Waals surface area contributed by atoms with Gasteiger partial charge in [-0.15, -0.1) is 0 Å². The minimum atomic E-state index is -1.99. The number of amides is 1. The Morgan fingerprint density at radius 1 is 0.870 bits per heavy atom. The van der Waals surface area contributed by atoms with Crippen molar-refractivity contribution in [1.82, 2.24) is 5.48 Å². The summed E-state index contributed by atoms with van der Waals surface area (Å²) in [7, 11) is 0. The lowest BCUT2D eigenvalue weighted by Gasteiger charge is -2.19. The van der Waals surface area contributed by atoms with Gasteiger partial charge in [0.05, 0.1) is 22.3 Å². The van der Waals surface area contributed by atoms with E-state index < -0.39 is 46.1 Å². The van der Waals surface area contributed by atoms with Crippen molar-refractivity contribution in [2.24, 2.45) is 0 Å². The third-order valence-corrected chi connectivity index (χ3v) is 3.37. The molecule has 23 heavy (non-hydrogen) atoms. The number of aromatic carboxylic acids is 2. The molecule has 1 aromatic rings. The standard InChI is InChI=1S/C14H14FNO7/c1-3-5-7(11(15)17)6(4-2)9(14(21)22)10(12(18)16-23)8(5)13(19)20/h23H,3-4H2,1-2H3,(H,16,18)(H,19,20)(H,21,22). The number of carboxylic acid groups (broad SMARTS) is 2. The molecule has 0 bridgehead atoms. The molecule has 0 saturated carbocycles. The number of halogens is 1. The summed E-state index contributed by atoms with van der Waals surface area (Å²) in [5.41, 5.74) is -2.57. The van der Waals surface area contributed by atoms with Crippen LogP contribution in [0.4, 0.5) is 4.39 Å². The highest BCUT2D eigenvalue weighted by Crippen LogP contribution is 2.31. The summed E-state index contributed by atoms with van der Waals surface area (Å²) < 4.78 is 13.5. The van der Waals surface area contributed by atoms with Gasteiger partial charge in [0, 0.05) is 0 Å². The van der Waals surface area contributed by atoms with E-state index in [1.165, 1.54) is 19.3 Å². The van der Waals surface area contributed by atoms with E-state index in [1.807, 2.05) is 0 Å². The van der Waals surface area contributed by atoms with Crippen LogP contribution < -0.4 is 5.48 Å². The molecule has 0 heterocycles. The van der Waals surface area contributed by atoms with Crippen molar-refractivity contribution in [3.05, 3.63) is 33.4 Å².